The van der Waals surface area contributed by atoms with Crippen LogP contribution in [0.4, 0.5) is 5.69 Å². The van der Waals surface area contributed by atoms with Gasteiger partial charge in [0.05, 0.1) is 17.2 Å². The summed E-state index contributed by atoms with van der Waals surface area (Å²) in [5.41, 5.74) is 1.39. The van der Waals surface area contributed by atoms with Crippen LogP contribution in [0.2, 0.25) is 5.15 Å². The number of nitrogens with one attached hydrogen (secondary N) is 2. The molecule has 0 bridgehead atoms. The minimum atomic E-state index is -1.02. The van der Waals surface area contributed by atoms with Crippen molar-refractivity contribution >= 4 is 46.8 Å². The van der Waals surface area contributed by atoms with Crippen molar-refractivity contribution in [2.45, 2.75) is 70.5 Å². The molecule has 0 spiro atoms. The van der Waals surface area contributed by atoms with Crippen LogP contribution < -0.4 is 10.6 Å². The third kappa shape index (κ3) is 4.46. The number of amides is 5. The molecule has 12 heteroatoms. The minimum Gasteiger partial charge on any atom is -0.380 e. The quantitative estimate of drug-likeness (QED) is 0.513. The third-order valence-electron chi connectivity index (χ3n) is 8.79. The van der Waals surface area contributed by atoms with E-state index >= 15 is 0 Å². The molecular weight excluding hydrogens is 536 g/mol. The van der Waals surface area contributed by atoms with Gasteiger partial charge in [0.1, 0.15) is 6.04 Å². The van der Waals surface area contributed by atoms with Crippen LogP contribution in [0.15, 0.2) is 24.4 Å². The Morgan fingerprint density at radius 1 is 1.12 bits per heavy atom. The molecule has 210 valence electrons. The van der Waals surface area contributed by atoms with Crippen molar-refractivity contribution in [3.8, 4) is 0 Å². The van der Waals surface area contributed by atoms with E-state index in [1.807, 2.05) is 15.8 Å². The number of rotatable bonds is 6. The topological polar surface area (TPSA) is 134 Å². The fraction of sp³-hybridized carbons (Fsp3) is 0.500. The Bertz CT molecular complexity index is 1420. The highest BCUT2D eigenvalue weighted by Gasteiger charge is 2.46. The molecule has 1 saturated carbocycles. The highest BCUT2D eigenvalue weighted by atomic mass is 35.5. The SMILES string of the molecule is CC1(C(=O)N2CCC(n3cc(CNc4cccc5c4C(=O)N(C4CCC(=O)NC4=O)C5=O)c(Cl)n3)CC2)CCC1. The van der Waals surface area contributed by atoms with Gasteiger partial charge in [-0.2, -0.15) is 5.10 Å². The van der Waals surface area contributed by atoms with Crippen LogP contribution in [0, 0.1) is 5.41 Å². The van der Waals surface area contributed by atoms with Gasteiger partial charge < -0.3 is 10.2 Å². The van der Waals surface area contributed by atoms with Gasteiger partial charge in [-0.25, -0.2) is 0 Å². The largest absolute Gasteiger partial charge is 0.380 e. The zero-order chi connectivity index (χ0) is 28.2. The van der Waals surface area contributed by atoms with Gasteiger partial charge in [0, 0.05) is 48.9 Å². The molecule has 2 aromatic rings. The minimum absolute atomic E-state index is 0.0616. The Kier molecular flexibility index (Phi) is 6.64. The van der Waals surface area contributed by atoms with Crippen molar-refractivity contribution in [3.63, 3.8) is 0 Å². The van der Waals surface area contributed by atoms with Crippen LogP contribution >= 0.6 is 11.6 Å². The fourth-order valence-corrected chi connectivity index (χ4v) is 6.40. The summed E-state index contributed by atoms with van der Waals surface area (Å²) >= 11 is 6.48. The number of nitrogens with zero attached hydrogens (tertiary/aromatic N) is 4. The van der Waals surface area contributed by atoms with E-state index in [1.165, 1.54) is 0 Å². The molecule has 1 aliphatic carbocycles. The molecule has 6 rings (SSSR count). The van der Waals surface area contributed by atoms with Crippen molar-refractivity contribution in [2.75, 3.05) is 18.4 Å². The molecule has 5 amide bonds. The van der Waals surface area contributed by atoms with Crippen molar-refractivity contribution < 1.29 is 24.0 Å². The predicted octanol–water partition coefficient (Wildman–Crippen LogP) is 2.90. The normalized spacial score (nSPS) is 22.7. The van der Waals surface area contributed by atoms with Crippen molar-refractivity contribution in [1.82, 2.24) is 24.9 Å². The lowest BCUT2D eigenvalue weighted by molar-refractivity contribution is -0.147. The molecule has 40 heavy (non-hydrogen) atoms. The van der Waals surface area contributed by atoms with E-state index in [9.17, 15) is 24.0 Å². The third-order valence-corrected chi connectivity index (χ3v) is 9.11. The van der Waals surface area contributed by atoms with E-state index in [4.69, 9.17) is 11.6 Å². The average molecular weight is 567 g/mol. The molecule has 2 N–H and O–H groups in total. The first kappa shape index (κ1) is 26.5. The summed E-state index contributed by atoms with van der Waals surface area (Å²) in [6.45, 7) is 3.72. The van der Waals surface area contributed by atoms with Crippen LogP contribution in [0.5, 0.6) is 0 Å². The highest BCUT2D eigenvalue weighted by Crippen LogP contribution is 2.42. The van der Waals surface area contributed by atoms with Gasteiger partial charge in [0.25, 0.3) is 11.8 Å². The summed E-state index contributed by atoms with van der Waals surface area (Å²) in [5, 5.41) is 10.3. The number of aromatic nitrogens is 2. The van der Waals surface area contributed by atoms with Crippen LogP contribution in [0.25, 0.3) is 0 Å². The number of carbonyl (C=O) groups is 5. The maximum Gasteiger partial charge on any atom is 0.264 e. The smallest absolute Gasteiger partial charge is 0.264 e. The first-order valence-corrected chi connectivity index (χ1v) is 14.2. The average Bonchev–Trinajstić information content (AvgIpc) is 3.42. The number of anilines is 1. The number of likely N-dealkylation sites (tertiary alicyclic amines) is 1. The number of piperidine rings is 2. The lowest BCUT2D eigenvalue weighted by Crippen LogP contribution is -2.54. The molecule has 1 atom stereocenters. The number of imide groups is 2. The summed E-state index contributed by atoms with van der Waals surface area (Å²) in [5.74, 6) is -1.93. The highest BCUT2D eigenvalue weighted by molar-refractivity contribution is 6.30. The Morgan fingerprint density at radius 2 is 1.88 bits per heavy atom. The second-order valence-corrected chi connectivity index (χ2v) is 11.7. The predicted molar refractivity (Wildman–Crippen MR) is 144 cm³/mol. The maximum absolute atomic E-state index is 13.3. The molecule has 1 aromatic carbocycles. The van der Waals surface area contributed by atoms with E-state index in [0.717, 1.165) is 42.6 Å². The van der Waals surface area contributed by atoms with E-state index in [-0.39, 0.29) is 47.9 Å². The second kappa shape index (κ2) is 10.0. The lowest BCUT2D eigenvalue weighted by Gasteiger charge is -2.43. The van der Waals surface area contributed by atoms with E-state index < -0.39 is 29.7 Å². The Balaban J connectivity index is 1.12. The van der Waals surface area contributed by atoms with Gasteiger partial charge in [-0.15, -0.1) is 0 Å². The number of benzene rings is 1. The zero-order valence-corrected chi connectivity index (χ0v) is 23.0. The number of carbonyl (C=O) groups excluding carboxylic acids is 5. The van der Waals surface area contributed by atoms with Crippen molar-refractivity contribution in [2.24, 2.45) is 5.41 Å². The zero-order valence-electron chi connectivity index (χ0n) is 22.2. The van der Waals surface area contributed by atoms with Gasteiger partial charge in [-0.3, -0.25) is 38.9 Å². The van der Waals surface area contributed by atoms with Crippen molar-refractivity contribution in [3.05, 3.63) is 46.2 Å². The van der Waals surface area contributed by atoms with Gasteiger partial charge in [-0.1, -0.05) is 31.0 Å². The first-order chi connectivity index (χ1) is 19.2. The van der Waals surface area contributed by atoms with Crippen LogP contribution in [-0.4, -0.2) is 68.2 Å². The van der Waals surface area contributed by atoms with Crippen LogP contribution in [0.3, 0.4) is 0 Å². The molecule has 4 aliphatic rings. The molecule has 3 aliphatic heterocycles. The number of halogens is 1. The Hall–Kier alpha value is -3.73. The van der Waals surface area contributed by atoms with Gasteiger partial charge in [-0.05, 0) is 44.2 Å². The van der Waals surface area contributed by atoms with Crippen molar-refractivity contribution in [1.29, 1.82) is 0 Å². The monoisotopic (exact) mass is 566 g/mol. The summed E-state index contributed by atoms with van der Waals surface area (Å²) < 4.78 is 1.86. The van der Waals surface area contributed by atoms with Crippen LogP contribution in [0.1, 0.15) is 84.2 Å². The molecule has 3 fully saturated rings. The van der Waals surface area contributed by atoms with Gasteiger partial charge in [0.15, 0.2) is 5.15 Å². The summed E-state index contributed by atoms with van der Waals surface area (Å²) in [6.07, 6.45) is 6.70. The standard InChI is InChI=1S/C28H31ClN6O5/c1-28(10-3-11-28)27(40)33-12-8-17(9-13-33)34-15-16(23(29)32-34)14-30-19-5-2-4-18-22(19)26(39)35(25(18)38)20-6-7-21(36)31-24(20)37/h2,4-5,15,17,20,30H,3,6-14H2,1H3,(H,31,36,37). The Morgan fingerprint density at radius 3 is 2.55 bits per heavy atom. The fourth-order valence-electron chi connectivity index (χ4n) is 6.20. The van der Waals surface area contributed by atoms with E-state index in [2.05, 4.69) is 22.7 Å². The molecule has 4 heterocycles. The van der Waals surface area contributed by atoms with E-state index in [0.29, 0.717) is 23.9 Å². The maximum atomic E-state index is 13.3. The van der Waals surface area contributed by atoms with Gasteiger partial charge in [0.2, 0.25) is 17.7 Å². The summed E-state index contributed by atoms with van der Waals surface area (Å²) in [7, 11) is 0. The number of hydrogen-bond donors (Lipinski definition) is 2. The second-order valence-electron chi connectivity index (χ2n) is 11.4. The molecule has 1 unspecified atom stereocenters. The van der Waals surface area contributed by atoms with Gasteiger partial charge >= 0.3 is 0 Å². The molecule has 11 nitrogen and oxygen atoms in total. The molecule has 0 radical (unpaired) electrons. The molecular formula is C28H31ClN6O5. The van der Waals surface area contributed by atoms with E-state index in [1.54, 1.807) is 18.2 Å². The van der Waals surface area contributed by atoms with Crippen LogP contribution in [-0.2, 0) is 20.9 Å². The number of fused-ring (bicyclic) bond motifs is 1. The molecule has 2 saturated heterocycles. The summed E-state index contributed by atoms with van der Waals surface area (Å²) in [6, 6.07) is 4.03. The Labute approximate surface area is 236 Å². The molecule has 1 aromatic heterocycles. The first-order valence-electron chi connectivity index (χ1n) is 13.8. The lowest BCUT2D eigenvalue weighted by atomic mass is 9.69. The summed E-state index contributed by atoms with van der Waals surface area (Å²) in [4.78, 5) is 66.2. The number of hydrogen-bond acceptors (Lipinski definition) is 7.